The van der Waals surface area contributed by atoms with Crippen LogP contribution in [0.2, 0.25) is 0 Å². The molecule has 0 radical (unpaired) electrons. The van der Waals surface area contributed by atoms with Gasteiger partial charge in [-0.2, -0.15) is 0 Å². The van der Waals surface area contributed by atoms with E-state index in [4.69, 9.17) is 14.2 Å². The van der Waals surface area contributed by atoms with Crippen molar-refractivity contribution in [2.45, 2.75) is 19.3 Å². The van der Waals surface area contributed by atoms with Gasteiger partial charge in [-0.1, -0.05) is 0 Å². The zero-order valence-corrected chi connectivity index (χ0v) is 7.37. The quantitative estimate of drug-likeness (QED) is 0.607. The van der Waals surface area contributed by atoms with Crippen LogP contribution in [0.5, 0.6) is 0 Å². The molecule has 1 heterocycles. The van der Waals surface area contributed by atoms with Crippen LogP contribution >= 0.6 is 0 Å². The number of ketones is 1. The summed E-state index contributed by atoms with van der Waals surface area (Å²) >= 11 is 0. The summed E-state index contributed by atoms with van der Waals surface area (Å²) in [6.07, 6.45) is 0.546. The molecule has 0 bridgehead atoms. The molecular formula is C8H12O4. The van der Waals surface area contributed by atoms with Crippen molar-refractivity contribution in [1.82, 2.24) is 0 Å². The lowest BCUT2D eigenvalue weighted by Crippen LogP contribution is -2.34. The van der Waals surface area contributed by atoms with Gasteiger partial charge in [0.2, 0.25) is 5.78 Å². The Morgan fingerprint density at radius 1 is 1.50 bits per heavy atom. The van der Waals surface area contributed by atoms with Gasteiger partial charge in [0.25, 0.3) is 0 Å². The second-order valence-electron chi connectivity index (χ2n) is 2.48. The van der Waals surface area contributed by atoms with E-state index in [1.54, 1.807) is 6.92 Å². The minimum Gasteiger partial charge on any atom is -0.493 e. The summed E-state index contributed by atoms with van der Waals surface area (Å²) in [6.45, 7) is 1.67. The number of rotatable bonds is 2. The molecule has 0 N–H and O–H groups in total. The second kappa shape index (κ2) is 3.69. The van der Waals surface area contributed by atoms with E-state index in [1.807, 2.05) is 0 Å². The molecular weight excluding hydrogens is 160 g/mol. The van der Waals surface area contributed by atoms with Crippen LogP contribution in [0.4, 0.5) is 0 Å². The molecule has 1 aliphatic rings. The minimum absolute atomic E-state index is 0.147. The fraction of sp³-hybridized carbons (Fsp3) is 0.625. The molecule has 0 saturated heterocycles. The van der Waals surface area contributed by atoms with Gasteiger partial charge < -0.3 is 14.2 Å². The summed E-state index contributed by atoms with van der Waals surface area (Å²) < 4.78 is 14.9. The lowest BCUT2D eigenvalue weighted by molar-refractivity contribution is -0.157. The SMILES string of the molecule is COC1=CC(OC)OC(C)C1=O. The second-order valence-corrected chi connectivity index (χ2v) is 2.48. The van der Waals surface area contributed by atoms with Gasteiger partial charge in [-0.3, -0.25) is 4.79 Å². The molecule has 4 nitrogen and oxygen atoms in total. The first-order valence-electron chi connectivity index (χ1n) is 3.67. The summed E-state index contributed by atoms with van der Waals surface area (Å²) in [5, 5.41) is 0. The maximum atomic E-state index is 11.2. The number of methoxy groups -OCH3 is 2. The average molecular weight is 172 g/mol. The van der Waals surface area contributed by atoms with Gasteiger partial charge in [-0.05, 0) is 6.92 Å². The van der Waals surface area contributed by atoms with Crippen LogP contribution in [0.15, 0.2) is 11.8 Å². The van der Waals surface area contributed by atoms with Crippen LogP contribution in [0.3, 0.4) is 0 Å². The van der Waals surface area contributed by atoms with E-state index in [0.717, 1.165) is 0 Å². The molecule has 1 aliphatic heterocycles. The van der Waals surface area contributed by atoms with Gasteiger partial charge in [0.05, 0.1) is 7.11 Å². The molecule has 0 fully saturated rings. The van der Waals surface area contributed by atoms with E-state index < -0.39 is 12.4 Å². The van der Waals surface area contributed by atoms with Gasteiger partial charge in [0, 0.05) is 13.2 Å². The molecule has 0 saturated carbocycles. The molecule has 4 heteroatoms. The summed E-state index contributed by atoms with van der Waals surface area (Å²) in [5.41, 5.74) is 0. The van der Waals surface area contributed by atoms with Crippen LogP contribution in [0, 0.1) is 0 Å². The summed E-state index contributed by atoms with van der Waals surface area (Å²) in [7, 11) is 2.96. The molecule has 0 aromatic heterocycles. The first kappa shape index (κ1) is 9.22. The maximum absolute atomic E-state index is 11.2. The van der Waals surface area contributed by atoms with Gasteiger partial charge in [0.1, 0.15) is 6.10 Å². The Balaban J connectivity index is 2.79. The lowest BCUT2D eigenvalue weighted by atomic mass is 10.1. The molecule has 0 aliphatic carbocycles. The van der Waals surface area contributed by atoms with E-state index in [0.29, 0.717) is 5.76 Å². The fourth-order valence-electron chi connectivity index (χ4n) is 1.00. The highest BCUT2D eigenvalue weighted by Crippen LogP contribution is 2.16. The van der Waals surface area contributed by atoms with Crippen molar-refractivity contribution in [3.05, 3.63) is 11.8 Å². The summed E-state index contributed by atoms with van der Waals surface area (Å²) in [5.74, 6) is 0.159. The Hall–Kier alpha value is -0.870. The third-order valence-corrected chi connectivity index (χ3v) is 1.69. The predicted molar refractivity (Wildman–Crippen MR) is 41.4 cm³/mol. The Bertz CT molecular complexity index is 209. The first-order chi connectivity index (χ1) is 5.69. The molecule has 0 aromatic rings. The van der Waals surface area contributed by atoms with Crippen molar-refractivity contribution in [3.63, 3.8) is 0 Å². The predicted octanol–water partition coefficient (Wildman–Crippen LogP) is 0.477. The molecule has 0 spiro atoms. The van der Waals surface area contributed by atoms with Crippen molar-refractivity contribution in [3.8, 4) is 0 Å². The van der Waals surface area contributed by atoms with E-state index >= 15 is 0 Å². The first-order valence-corrected chi connectivity index (χ1v) is 3.67. The van der Waals surface area contributed by atoms with E-state index in [-0.39, 0.29) is 5.78 Å². The van der Waals surface area contributed by atoms with Crippen molar-refractivity contribution in [2.75, 3.05) is 14.2 Å². The smallest absolute Gasteiger partial charge is 0.225 e. The lowest BCUT2D eigenvalue weighted by Gasteiger charge is -2.23. The number of ether oxygens (including phenoxy) is 3. The number of carbonyl (C=O) groups excluding carboxylic acids is 1. The topological polar surface area (TPSA) is 44.8 Å². The Morgan fingerprint density at radius 2 is 2.17 bits per heavy atom. The van der Waals surface area contributed by atoms with E-state index in [9.17, 15) is 4.79 Å². The molecule has 12 heavy (non-hydrogen) atoms. The Morgan fingerprint density at radius 3 is 2.67 bits per heavy atom. The van der Waals surface area contributed by atoms with Crippen molar-refractivity contribution in [1.29, 1.82) is 0 Å². The van der Waals surface area contributed by atoms with Gasteiger partial charge in [-0.25, -0.2) is 0 Å². The van der Waals surface area contributed by atoms with Crippen LogP contribution in [0.25, 0.3) is 0 Å². The fourth-order valence-corrected chi connectivity index (χ4v) is 1.00. The summed E-state index contributed by atoms with van der Waals surface area (Å²) in [4.78, 5) is 11.2. The van der Waals surface area contributed by atoms with Crippen molar-refractivity contribution < 1.29 is 19.0 Å². The standard InChI is InChI=1S/C8H12O4/c1-5-8(9)6(10-2)4-7(11-3)12-5/h4-5,7H,1-3H3. The number of hydrogen-bond acceptors (Lipinski definition) is 4. The molecule has 0 aromatic carbocycles. The zero-order chi connectivity index (χ0) is 9.14. The summed E-state index contributed by atoms with van der Waals surface area (Å²) in [6, 6.07) is 0. The minimum atomic E-state index is -0.491. The highest BCUT2D eigenvalue weighted by molar-refractivity contribution is 5.97. The molecule has 0 amide bonds. The highest BCUT2D eigenvalue weighted by Gasteiger charge is 2.28. The third kappa shape index (κ3) is 1.65. The van der Waals surface area contributed by atoms with Crippen LogP contribution < -0.4 is 0 Å². The van der Waals surface area contributed by atoms with Gasteiger partial charge in [-0.15, -0.1) is 0 Å². The maximum Gasteiger partial charge on any atom is 0.225 e. The van der Waals surface area contributed by atoms with Crippen LogP contribution in [-0.2, 0) is 19.0 Å². The normalized spacial score (nSPS) is 29.9. The van der Waals surface area contributed by atoms with Crippen LogP contribution in [0.1, 0.15) is 6.92 Å². The average Bonchev–Trinajstić information content (AvgIpc) is 2.09. The molecule has 2 unspecified atom stereocenters. The molecule has 68 valence electrons. The largest absolute Gasteiger partial charge is 0.493 e. The number of hydrogen-bond donors (Lipinski definition) is 0. The molecule has 1 rings (SSSR count). The van der Waals surface area contributed by atoms with Crippen molar-refractivity contribution in [2.24, 2.45) is 0 Å². The monoisotopic (exact) mass is 172 g/mol. The van der Waals surface area contributed by atoms with Gasteiger partial charge in [0.15, 0.2) is 12.0 Å². The Labute approximate surface area is 71.1 Å². The third-order valence-electron chi connectivity index (χ3n) is 1.69. The number of carbonyl (C=O) groups is 1. The highest BCUT2D eigenvalue weighted by atomic mass is 16.7. The van der Waals surface area contributed by atoms with Crippen LogP contribution in [-0.4, -0.2) is 32.4 Å². The van der Waals surface area contributed by atoms with Crippen molar-refractivity contribution >= 4 is 5.78 Å². The number of Topliss-reactive ketones (excluding diaryl/α,β-unsaturated/α-hetero) is 1. The van der Waals surface area contributed by atoms with E-state index in [2.05, 4.69) is 0 Å². The van der Waals surface area contributed by atoms with E-state index in [1.165, 1.54) is 20.3 Å². The zero-order valence-electron chi connectivity index (χ0n) is 7.37. The van der Waals surface area contributed by atoms with Gasteiger partial charge >= 0.3 is 0 Å². The molecule has 2 atom stereocenters. The Kier molecular flexibility index (Phi) is 2.83.